The van der Waals surface area contributed by atoms with Crippen molar-refractivity contribution in [3.63, 3.8) is 0 Å². The summed E-state index contributed by atoms with van der Waals surface area (Å²) in [7, 11) is 1.54. The lowest BCUT2D eigenvalue weighted by molar-refractivity contribution is 0.301. The third-order valence-electron chi connectivity index (χ3n) is 3.91. The Morgan fingerprint density at radius 2 is 1.96 bits per heavy atom. The highest BCUT2D eigenvalue weighted by atomic mass is 79.9. The van der Waals surface area contributed by atoms with Gasteiger partial charge >= 0.3 is 5.69 Å². The molecule has 0 aliphatic rings. The van der Waals surface area contributed by atoms with Crippen LogP contribution in [0, 0.1) is 13.8 Å². The Kier molecular flexibility index (Phi) is 4.63. The first-order chi connectivity index (χ1) is 11.9. The van der Waals surface area contributed by atoms with Gasteiger partial charge in [-0.2, -0.15) is 9.36 Å². The largest absolute Gasteiger partial charge is 0.508 e. The van der Waals surface area contributed by atoms with Gasteiger partial charge in [-0.15, -0.1) is 0 Å². The van der Waals surface area contributed by atoms with Gasteiger partial charge in [-0.3, -0.25) is 0 Å². The zero-order chi connectivity index (χ0) is 18.1. The van der Waals surface area contributed by atoms with Crippen LogP contribution >= 0.6 is 15.9 Å². The number of phenols is 1. The maximum Gasteiger partial charge on any atom is 0.368 e. The molecule has 0 spiro atoms. The molecule has 0 bridgehead atoms. The zero-order valence-electron chi connectivity index (χ0n) is 14.0. The van der Waals surface area contributed by atoms with E-state index in [2.05, 4.69) is 26.4 Å². The molecule has 8 heteroatoms. The number of hydrogen-bond donors (Lipinski definition) is 1. The van der Waals surface area contributed by atoms with Gasteiger partial charge in [0, 0.05) is 17.1 Å². The number of phenolic OH excluding ortho intramolecular Hbond substituents is 1. The molecule has 0 saturated heterocycles. The summed E-state index contributed by atoms with van der Waals surface area (Å²) >= 11 is 3.50. The lowest BCUT2D eigenvalue weighted by Gasteiger charge is -2.14. The normalized spacial score (nSPS) is 10.9. The second-order valence-corrected chi connectivity index (χ2v) is 6.58. The van der Waals surface area contributed by atoms with Crippen molar-refractivity contribution >= 4 is 15.9 Å². The Morgan fingerprint density at radius 3 is 2.64 bits per heavy atom. The molecule has 1 N–H and O–H groups in total. The molecule has 130 valence electrons. The van der Waals surface area contributed by atoms with Crippen molar-refractivity contribution in [2.24, 2.45) is 7.05 Å². The summed E-state index contributed by atoms with van der Waals surface area (Å²) in [6.45, 7) is 3.90. The third kappa shape index (κ3) is 3.30. The van der Waals surface area contributed by atoms with Crippen molar-refractivity contribution in [1.82, 2.24) is 19.8 Å². The fourth-order valence-electron chi connectivity index (χ4n) is 2.43. The summed E-state index contributed by atoms with van der Waals surface area (Å²) in [4.78, 5) is 12.2. The maximum absolute atomic E-state index is 12.2. The predicted molar refractivity (Wildman–Crippen MR) is 96.2 cm³/mol. The highest BCUT2D eigenvalue weighted by molar-refractivity contribution is 9.10. The van der Waals surface area contributed by atoms with E-state index < -0.39 is 0 Å². The molecule has 0 unspecified atom stereocenters. The highest BCUT2D eigenvalue weighted by Crippen LogP contribution is 2.29. The van der Waals surface area contributed by atoms with E-state index in [4.69, 9.17) is 4.74 Å². The van der Waals surface area contributed by atoms with Gasteiger partial charge in [0.2, 0.25) is 0 Å². The topological polar surface area (TPSA) is 82.2 Å². The van der Waals surface area contributed by atoms with Crippen molar-refractivity contribution in [3.05, 3.63) is 62.0 Å². The van der Waals surface area contributed by atoms with Crippen LogP contribution < -0.4 is 10.4 Å². The van der Waals surface area contributed by atoms with Gasteiger partial charge in [0.25, 0.3) is 0 Å². The molecule has 3 aromatic rings. The van der Waals surface area contributed by atoms with Crippen LogP contribution in [0.15, 0.2) is 39.6 Å². The summed E-state index contributed by atoms with van der Waals surface area (Å²) in [5.41, 5.74) is 2.60. The lowest BCUT2D eigenvalue weighted by atomic mass is 10.1. The molecule has 1 heterocycles. The molecule has 1 aromatic heterocycles. The van der Waals surface area contributed by atoms with Crippen LogP contribution in [-0.4, -0.2) is 24.9 Å². The Morgan fingerprint density at radius 1 is 1.20 bits per heavy atom. The van der Waals surface area contributed by atoms with Crippen molar-refractivity contribution < 1.29 is 9.84 Å². The molecule has 0 fully saturated rings. The molecule has 0 aliphatic heterocycles. The molecule has 0 aliphatic carbocycles. The average molecular weight is 405 g/mol. The Hall–Kier alpha value is -2.61. The second-order valence-electron chi connectivity index (χ2n) is 5.73. The van der Waals surface area contributed by atoms with E-state index in [1.165, 1.54) is 9.36 Å². The van der Waals surface area contributed by atoms with Gasteiger partial charge in [-0.05, 0) is 59.7 Å². The first-order valence-electron chi connectivity index (χ1n) is 7.58. The smallest absolute Gasteiger partial charge is 0.368 e. The monoisotopic (exact) mass is 404 g/mol. The van der Waals surface area contributed by atoms with E-state index in [9.17, 15) is 9.90 Å². The fraction of sp³-hybridized carbons (Fsp3) is 0.235. The van der Waals surface area contributed by atoms with E-state index in [1.54, 1.807) is 25.2 Å². The van der Waals surface area contributed by atoms with E-state index in [1.807, 2.05) is 26.0 Å². The van der Waals surface area contributed by atoms with E-state index in [0.717, 1.165) is 21.2 Å². The van der Waals surface area contributed by atoms with Crippen LogP contribution in [0.5, 0.6) is 11.5 Å². The van der Waals surface area contributed by atoms with Crippen LogP contribution in [0.4, 0.5) is 0 Å². The molecule has 0 saturated carbocycles. The molecule has 7 nitrogen and oxygen atoms in total. The summed E-state index contributed by atoms with van der Waals surface area (Å²) in [6, 6.07) is 8.93. The number of ether oxygens (including phenoxy) is 1. The van der Waals surface area contributed by atoms with Gasteiger partial charge in [0.15, 0.2) is 0 Å². The molecule has 0 amide bonds. The first-order valence-corrected chi connectivity index (χ1v) is 8.37. The molecule has 0 radical (unpaired) electrons. The van der Waals surface area contributed by atoms with Crippen molar-refractivity contribution in [2.45, 2.75) is 20.5 Å². The second kappa shape index (κ2) is 6.72. The van der Waals surface area contributed by atoms with Crippen molar-refractivity contribution in [2.75, 3.05) is 0 Å². The number of aromatic hydroxyl groups is 1. The minimum Gasteiger partial charge on any atom is -0.508 e. The summed E-state index contributed by atoms with van der Waals surface area (Å²) in [5, 5.41) is 17.4. The van der Waals surface area contributed by atoms with Gasteiger partial charge in [-0.1, -0.05) is 22.0 Å². The number of benzene rings is 2. The molecular formula is C17H17BrN4O3. The SMILES string of the molecule is Cc1cc(OCc2c(Br)cccc2-n2nnn(C)c2=O)c(C)cc1O. The number of aryl methyl sites for hydroxylation is 3. The molecule has 25 heavy (non-hydrogen) atoms. The minimum atomic E-state index is -0.337. The van der Waals surface area contributed by atoms with Crippen LogP contribution in [0.3, 0.4) is 0 Å². The number of halogens is 1. The maximum atomic E-state index is 12.2. The van der Waals surface area contributed by atoms with Crippen LogP contribution in [-0.2, 0) is 13.7 Å². The quantitative estimate of drug-likeness (QED) is 0.722. The summed E-state index contributed by atoms with van der Waals surface area (Å²) in [6.07, 6.45) is 0. The standard InChI is InChI=1S/C17H17BrN4O3/c1-10-8-16(11(2)7-15(10)23)25-9-12-13(18)5-4-6-14(12)22-17(24)21(3)19-20-22/h4-8,23H,9H2,1-3H3. The average Bonchev–Trinajstić information content (AvgIpc) is 2.90. The lowest BCUT2D eigenvalue weighted by Crippen LogP contribution is -2.23. The van der Waals surface area contributed by atoms with Gasteiger partial charge < -0.3 is 9.84 Å². The predicted octanol–water partition coefficient (Wildman–Crippen LogP) is 2.63. The number of nitrogens with zero attached hydrogens (tertiary/aromatic N) is 4. The molecule has 0 atom stereocenters. The fourth-order valence-corrected chi connectivity index (χ4v) is 2.90. The first kappa shape index (κ1) is 17.2. The van der Waals surface area contributed by atoms with Gasteiger partial charge in [0.05, 0.1) is 5.69 Å². The number of rotatable bonds is 4. The van der Waals surface area contributed by atoms with E-state index in [-0.39, 0.29) is 18.0 Å². The number of aromatic nitrogens is 4. The van der Waals surface area contributed by atoms with Crippen molar-refractivity contribution in [1.29, 1.82) is 0 Å². The van der Waals surface area contributed by atoms with Crippen LogP contribution in [0.25, 0.3) is 5.69 Å². The van der Waals surface area contributed by atoms with E-state index in [0.29, 0.717) is 11.4 Å². The Bertz CT molecular complexity index is 994. The minimum absolute atomic E-state index is 0.227. The van der Waals surface area contributed by atoms with Crippen LogP contribution in [0.2, 0.25) is 0 Å². The molecular weight excluding hydrogens is 388 g/mol. The zero-order valence-corrected chi connectivity index (χ0v) is 15.6. The van der Waals surface area contributed by atoms with Crippen molar-refractivity contribution in [3.8, 4) is 17.2 Å². The highest BCUT2D eigenvalue weighted by Gasteiger charge is 2.15. The number of tetrazole rings is 1. The Labute approximate surface area is 152 Å². The van der Waals surface area contributed by atoms with Gasteiger partial charge in [0.1, 0.15) is 18.1 Å². The summed E-state index contributed by atoms with van der Waals surface area (Å²) < 4.78 is 9.14. The van der Waals surface area contributed by atoms with Crippen LogP contribution in [0.1, 0.15) is 16.7 Å². The number of hydrogen-bond acceptors (Lipinski definition) is 5. The van der Waals surface area contributed by atoms with Gasteiger partial charge in [-0.25, -0.2) is 4.79 Å². The summed E-state index contributed by atoms with van der Waals surface area (Å²) in [5.74, 6) is 0.904. The Balaban J connectivity index is 1.97. The third-order valence-corrected chi connectivity index (χ3v) is 4.65. The van der Waals surface area contributed by atoms with E-state index >= 15 is 0 Å². The molecule has 2 aromatic carbocycles. The molecule has 3 rings (SSSR count).